The van der Waals surface area contributed by atoms with Crippen molar-refractivity contribution in [1.29, 1.82) is 0 Å². The zero-order chi connectivity index (χ0) is 18.8. The maximum atomic E-state index is 13.2. The van der Waals surface area contributed by atoms with Crippen LogP contribution in [0.15, 0.2) is 47.1 Å². The molecule has 134 valence electrons. The number of ketones is 1. The van der Waals surface area contributed by atoms with Crippen LogP contribution in [0.5, 0.6) is 0 Å². The SMILES string of the molecule is Cc1ccc2c(CC(=O)OC(C)C(=O)c3ccc(F)c(F)c3)coc2c1. The van der Waals surface area contributed by atoms with Gasteiger partial charge in [-0.15, -0.1) is 0 Å². The molecular weight excluding hydrogens is 342 g/mol. The maximum absolute atomic E-state index is 13.2. The molecule has 0 spiro atoms. The molecule has 0 aliphatic rings. The lowest BCUT2D eigenvalue weighted by molar-refractivity contribution is -0.145. The molecule has 0 N–H and O–H groups in total. The van der Waals surface area contributed by atoms with Gasteiger partial charge < -0.3 is 9.15 Å². The molecule has 0 radical (unpaired) electrons. The molecule has 0 aliphatic carbocycles. The molecule has 4 nitrogen and oxygen atoms in total. The Hall–Kier alpha value is -3.02. The predicted molar refractivity (Wildman–Crippen MR) is 90.9 cm³/mol. The van der Waals surface area contributed by atoms with Gasteiger partial charge in [-0.2, -0.15) is 0 Å². The van der Waals surface area contributed by atoms with Gasteiger partial charge in [0.25, 0.3) is 0 Å². The van der Waals surface area contributed by atoms with Gasteiger partial charge in [-0.25, -0.2) is 8.78 Å². The largest absolute Gasteiger partial charge is 0.464 e. The van der Waals surface area contributed by atoms with Crippen molar-refractivity contribution in [3.05, 3.63) is 71.0 Å². The van der Waals surface area contributed by atoms with E-state index in [-0.39, 0.29) is 12.0 Å². The molecule has 1 unspecified atom stereocenters. The van der Waals surface area contributed by atoms with E-state index >= 15 is 0 Å². The van der Waals surface area contributed by atoms with E-state index in [4.69, 9.17) is 9.15 Å². The number of benzene rings is 2. The minimum Gasteiger partial charge on any atom is -0.464 e. The molecular formula is C20H16F2O4. The third-order valence-electron chi connectivity index (χ3n) is 4.03. The van der Waals surface area contributed by atoms with Crippen LogP contribution in [0.4, 0.5) is 8.78 Å². The van der Waals surface area contributed by atoms with Crippen LogP contribution in [0, 0.1) is 18.6 Å². The number of esters is 1. The molecule has 0 saturated heterocycles. The average molecular weight is 358 g/mol. The van der Waals surface area contributed by atoms with E-state index in [1.165, 1.54) is 13.2 Å². The third kappa shape index (κ3) is 3.64. The third-order valence-corrected chi connectivity index (χ3v) is 4.03. The second-order valence-electron chi connectivity index (χ2n) is 6.06. The smallest absolute Gasteiger partial charge is 0.311 e. The Kier molecular flexibility index (Phi) is 4.84. The van der Waals surface area contributed by atoms with E-state index in [9.17, 15) is 18.4 Å². The van der Waals surface area contributed by atoms with Crippen molar-refractivity contribution in [2.24, 2.45) is 0 Å². The molecule has 0 fully saturated rings. The fourth-order valence-corrected chi connectivity index (χ4v) is 2.66. The summed E-state index contributed by atoms with van der Waals surface area (Å²) in [7, 11) is 0. The summed E-state index contributed by atoms with van der Waals surface area (Å²) in [6, 6.07) is 8.41. The topological polar surface area (TPSA) is 56.5 Å². The number of aryl methyl sites for hydroxylation is 1. The molecule has 26 heavy (non-hydrogen) atoms. The first-order valence-corrected chi connectivity index (χ1v) is 8.00. The molecule has 0 saturated carbocycles. The number of carbonyl (C=O) groups is 2. The zero-order valence-corrected chi connectivity index (χ0v) is 14.2. The number of fused-ring (bicyclic) bond motifs is 1. The van der Waals surface area contributed by atoms with Crippen LogP contribution in [0.1, 0.15) is 28.4 Å². The molecule has 1 heterocycles. The first-order valence-electron chi connectivity index (χ1n) is 8.00. The number of hydrogen-bond donors (Lipinski definition) is 0. The molecule has 0 amide bonds. The summed E-state index contributed by atoms with van der Waals surface area (Å²) in [6.07, 6.45) is 0.298. The fourth-order valence-electron chi connectivity index (χ4n) is 2.66. The number of ether oxygens (including phenoxy) is 1. The Labute approximate surface area is 148 Å². The Morgan fingerprint density at radius 1 is 1.12 bits per heavy atom. The van der Waals surface area contributed by atoms with Gasteiger partial charge >= 0.3 is 5.97 Å². The lowest BCUT2D eigenvalue weighted by atomic mass is 10.1. The maximum Gasteiger partial charge on any atom is 0.311 e. The zero-order valence-electron chi connectivity index (χ0n) is 14.2. The van der Waals surface area contributed by atoms with Gasteiger partial charge in [-0.05, 0) is 43.7 Å². The molecule has 0 bridgehead atoms. The van der Waals surface area contributed by atoms with E-state index in [1.54, 1.807) is 0 Å². The van der Waals surface area contributed by atoms with Gasteiger partial charge in [0.05, 0.1) is 12.7 Å². The highest BCUT2D eigenvalue weighted by atomic mass is 19.2. The molecule has 6 heteroatoms. The van der Waals surface area contributed by atoms with Crippen molar-refractivity contribution in [3.8, 4) is 0 Å². The van der Waals surface area contributed by atoms with Crippen LogP contribution in [-0.2, 0) is 16.0 Å². The summed E-state index contributed by atoms with van der Waals surface area (Å²) < 4.78 is 36.8. The molecule has 3 aromatic rings. The van der Waals surface area contributed by atoms with Crippen molar-refractivity contribution >= 4 is 22.7 Å². The minimum absolute atomic E-state index is 0.0616. The quantitative estimate of drug-likeness (QED) is 0.502. The fraction of sp³-hybridized carbons (Fsp3) is 0.200. The van der Waals surface area contributed by atoms with Gasteiger partial charge in [0.15, 0.2) is 17.7 Å². The summed E-state index contributed by atoms with van der Waals surface area (Å²) in [5.41, 5.74) is 2.29. The number of halogens is 2. The normalized spacial score (nSPS) is 12.2. The lowest BCUT2D eigenvalue weighted by Gasteiger charge is -2.12. The van der Waals surface area contributed by atoms with Gasteiger partial charge in [-0.3, -0.25) is 9.59 Å². The van der Waals surface area contributed by atoms with E-state index in [0.717, 1.165) is 29.1 Å². The second kappa shape index (κ2) is 7.07. The van der Waals surface area contributed by atoms with Gasteiger partial charge in [0, 0.05) is 16.5 Å². The lowest BCUT2D eigenvalue weighted by Crippen LogP contribution is -2.25. The van der Waals surface area contributed by atoms with Crippen molar-refractivity contribution in [3.63, 3.8) is 0 Å². The molecule has 1 atom stereocenters. The average Bonchev–Trinajstić information content (AvgIpc) is 2.98. The Bertz CT molecular complexity index is 991. The first-order chi connectivity index (χ1) is 12.3. The van der Waals surface area contributed by atoms with E-state index < -0.39 is 29.5 Å². The van der Waals surface area contributed by atoms with Gasteiger partial charge in [0.2, 0.25) is 5.78 Å². The number of rotatable bonds is 5. The molecule has 2 aromatic carbocycles. The number of Topliss-reactive ketones (excluding diaryl/α,β-unsaturated/α-hetero) is 1. The monoisotopic (exact) mass is 358 g/mol. The second-order valence-corrected chi connectivity index (χ2v) is 6.06. The Balaban J connectivity index is 1.68. The first kappa shape index (κ1) is 17.8. The van der Waals surface area contributed by atoms with Crippen LogP contribution in [0.2, 0.25) is 0 Å². The highest BCUT2D eigenvalue weighted by Gasteiger charge is 2.21. The van der Waals surface area contributed by atoms with Gasteiger partial charge in [-0.1, -0.05) is 12.1 Å². The summed E-state index contributed by atoms with van der Waals surface area (Å²) in [4.78, 5) is 24.3. The summed E-state index contributed by atoms with van der Waals surface area (Å²) in [5, 5.41) is 0.798. The summed E-state index contributed by atoms with van der Waals surface area (Å²) in [5.74, 6) is -3.40. The Morgan fingerprint density at radius 3 is 2.62 bits per heavy atom. The minimum atomic E-state index is -1.13. The van der Waals surface area contributed by atoms with E-state index in [0.29, 0.717) is 11.1 Å². The predicted octanol–water partition coefficient (Wildman–Crippen LogP) is 4.38. The number of furan rings is 1. The molecule has 3 rings (SSSR count). The van der Waals surface area contributed by atoms with Crippen molar-refractivity contribution < 1.29 is 27.5 Å². The van der Waals surface area contributed by atoms with E-state index in [1.807, 2.05) is 25.1 Å². The highest BCUT2D eigenvalue weighted by Crippen LogP contribution is 2.23. The highest BCUT2D eigenvalue weighted by molar-refractivity contribution is 6.00. The van der Waals surface area contributed by atoms with Crippen molar-refractivity contribution in [2.45, 2.75) is 26.4 Å². The van der Waals surface area contributed by atoms with Gasteiger partial charge in [0.1, 0.15) is 5.58 Å². The van der Waals surface area contributed by atoms with Crippen LogP contribution < -0.4 is 0 Å². The summed E-state index contributed by atoms with van der Waals surface area (Å²) in [6.45, 7) is 3.32. The molecule has 0 aliphatic heterocycles. The Morgan fingerprint density at radius 2 is 1.88 bits per heavy atom. The van der Waals surface area contributed by atoms with Crippen LogP contribution >= 0.6 is 0 Å². The molecule has 1 aromatic heterocycles. The number of carbonyl (C=O) groups excluding carboxylic acids is 2. The number of hydrogen-bond acceptors (Lipinski definition) is 4. The van der Waals surface area contributed by atoms with E-state index in [2.05, 4.69) is 0 Å². The van der Waals surface area contributed by atoms with Crippen LogP contribution in [-0.4, -0.2) is 17.9 Å². The van der Waals surface area contributed by atoms with Crippen molar-refractivity contribution in [2.75, 3.05) is 0 Å². The standard InChI is InChI=1S/C20H16F2O4/c1-11-3-5-15-14(10-25-18(15)7-11)9-19(23)26-12(2)20(24)13-4-6-16(21)17(22)8-13/h3-8,10,12H,9H2,1-2H3. The van der Waals surface area contributed by atoms with Crippen LogP contribution in [0.3, 0.4) is 0 Å². The van der Waals surface area contributed by atoms with Crippen LogP contribution in [0.25, 0.3) is 11.0 Å². The van der Waals surface area contributed by atoms with Crippen molar-refractivity contribution in [1.82, 2.24) is 0 Å². The summed E-state index contributed by atoms with van der Waals surface area (Å²) >= 11 is 0.